The molecule has 0 fully saturated rings. The Morgan fingerprint density at radius 1 is 0.647 bits per heavy atom. The highest BCUT2D eigenvalue weighted by atomic mass is 16.5. The van der Waals surface area contributed by atoms with Gasteiger partial charge >= 0.3 is 0 Å². The van der Waals surface area contributed by atoms with E-state index in [1.807, 2.05) is 0 Å². The molecule has 0 bridgehead atoms. The molecule has 1 aromatic carbocycles. The van der Waals surface area contributed by atoms with Crippen LogP contribution >= 0.6 is 0 Å². The van der Waals surface area contributed by atoms with Crippen molar-refractivity contribution >= 4 is 0 Å². The molecular weight excluding hydrogens is 416 g/mol. The Balaban J connectivity index is 2.82. The van der Waals surface area contributed by atoms with Crippen LogP contribution in [0.4, 0.5) is 0 Å². The van der Waals surface area contributed by atoms with E-state index in [0.29, 0.717) is 5.92 Å². The molecule has 198 valence electrons. The molecule has 0 saturated heterocycles. The third-order valence-electron chi connectivity index (χ3n) is 6.73. The van der Waals surface area contributed by atoms with Crippen molar-refractivity contribution in [1.29, 1.82) is 0 Å². The van der Waals surface area contributed by atoms with Crippen molar-refractivity contribution in [3.05, 3.63) is 35.4 Å². The molecule has 0 spiro atoms. The fraction of sp³-hybridized carbons (Fsp3) is 0.812. The van der Waals surface area contributed by atoms with Crippen LogP contribution in [-0.4, -0.2) is 24.9 Å². The fourth-order valence-electron chi connectivity index (χ4n) is 5.43. The van der Waals surface area contributed by atoms with Gasteiger partial charge in [-0.05, 0) is 78.7 Å². The van der Waals surface area contributed by atoms with Crippen LogP contribution < -0.4 is 0 Å². The summed E-state index contributed by atoms with van der Waals surface area (Å²) in [4.78, 5) is 0. The summed E-state index contributed by atoms with van der Waals surface area (Å²) in [5.74, 6) is 0.689. The second-order valence-electron chi connectivity index (χ2n) is 15.2. The van der Waals surface area contributed by atoms with Gasteiger partial charge in [-0.3, -0.25) is 0 Å². The molecule has 1 rings (SSSR count). The van der Waals surface area contributed by atoms with Crippen LogP contribution in [0.1, 0.15) is 127 Å². The van der Waals surface area contributed by atoms with Crippen LogP contribution in [0.2, 0.25) is 0 Å². The second kappa shape index (κ2) is 11.5. The van der Waals surface area contributed by atoms with Crippen molar-refractivity contribution in [2.45, 2.75) is 139 Å². The third kappa shape index (κ3) is 11.3. The van der Waals surface area contributed by atoms with E-state index in [0.717, 1.165) is 26.1 Å². The Hall–Kier alpha value is -0.860. The minimum Gasteiger partial charge on any atom is -0.378 e. The van der Waals surface area contributed by atoms with Crippen molar-refractivity contribution in [1.82, 2.24) is 0 Å². The maximum absolute atomic E-state index is 6.51. The first-order valence-corrected chi connectivity index (χ1v) is 13.5. The van der Waals surface area contributed by atoms with Crippen LogP contribution in [0.15, 0.2) is 24.3 Å². The lowest BCUT2D eigenvalue weighted by atomic mass is 9.74. The lowest BCUT2D eigenvalue weighted by molar-refractivity contribution is -0.0723. The molecule has 0 N–H and O–H groups in total. The van der Waals surface area contributed by atoms with E-state index in [9.17, 15) is 0 Å². The van der Waals surface area contributed by atoms with Gasteiger partial charge in [0.2, 0.25) is 0 Å². The summed E-state index contributed by atoms with van der Waals surface area (Å²) in [6, 6.07) is 9.31. The standard InChI is InChI=1S/C32H58O2/c1-24(2)19-29(7,8)23-34-32(13,14)21-31(11,12)27-17-15-26(16-18-27)30(9,10)20-25(3)33-22-28(4,5)6/h15-18,24-25H,19-23H2,1-14H3. The fourth-order valence-corrected chi connectivity index (χ4v) is 5.43. The first kappa shape index (κ1) is 31.2. The van der Waals surface area contributed by atoms with Gasteiger partial charge in [0.05, 0.1) is 24.9 Å². The molecule has 0 radical (unpaired) electrons. The molecule has 1 atom stereocenters. The maximum atomic E-state index is 6.51. The first-order chi connectivity index (χ1) is 15.1. The minimum absolute atomic E-state index is 0.0392. The molecule has 0 saturated carbocycles. The normalized spacial score (nSPS) is 15.1. The molecule has 0 aliphatic carbocycles. The van der Waals surface area contributed by atoms with Gasteiger partial charge in [-0.15, -0.1) is 0 Å². The molecule has 2 heteroatoms. The summed E-state index contributed by atoms with van der Waals surface area (Å²) < 4.78 is 12.7. The lowest BCUT2D eigenvalue weighted by Crippen LogP contribution is -2.37. The van der Waals surface area contributed by atoms with Crippen LogP contribution in [0.25, 0.3) is 0 Å². The van der Waals surface area contributed by atoms with Crippen molar-refractivity contribution in [2.24, 2.45) is 16.7 Å². The highest BCUT2D eigenvalue weighted by molar-refractivity contribution is 5.32. The number of ether oxygens (including phenoxy) is 2. The summed E-state index contributed by atoms with van der Waals surface area (Å²) in [5, 5.41) is 0. The molecule has 0 heterocycles. The molecule has 2 nitrogen and oxygen atoms in total. The molecule has 34 heavy (non-hydrogen) atoms. The second-order valence-corrected chi connectivity index (χ2v) is 15.2. The van der Waals surface area contributed by atoms with E-state index in [2.05, 4.69) is 121 Å². The maximum Gasteiger partial charge on any atom is 0.0635 e. The Labute approximate surface area is 213 Å². The number of benzene rings is 1. The number of rotatable bonds is 13. The topological polar surface area (TPSA) is 18.5 Å². The third-order valence-corrected chi connectivity index (χ3v) is 6.73. The van der Waals surface area contributed by atoms with Crippen molar-refractivity contribution in [3.8, 4) is 0 Å². The number of hydrogen-bond acceptors (Lipinski definition) is 2. The molecule has 1 unspecified atom stereocenters. The highest BCUT2D eigenvalue weighted by Gasteiger charge is 2.33. The molecule has 0 aliphatic rings. The van der Waals surface area contributed by atoms with Gasteiger partial charge < -0.3 is 9.47 Å². The van der Waals surface area contributed by atoms with E-state index >= 15 is 0 Å². The zero-order valence-electron chi connectivity index (χ0n) is 25.3. The summed E-state index contributed by atoms with van der Waals surface area (Å²) in [7, 11) is 0. The predicted octanol–water partition coefficient (Wildman–Crippen LogP) is 9.34. The monoisotopic (exact) mass is 474 g/mol. The summed E-state index contributed by atoms with van der Waals surface area (Å²) in [6.45, 7) is 33.6. The van der Waals surface area contributed by atoms with Gasteiger partial charge in [-0.2, -0.15) is 0 Å². The van der Waals surface area contributed by atoms with E-state index in [-0.39, 0.29) is 33.4 Å². The van der Waals surface area contributed by atoms with Crippen molar-refractivity contribution < 1.29 is 9.47 Å². The number of hydrogen-bond donors (Lipinski definition) is 0. The zero-order valence-corrected chi connectivity index (χ0v) is 25.3. The minimum atomic E-state index is -0.171. The van der Waals surface area contributed by atoms with Crippen LogP contribution in [0.5, 0.6) is 0 Å². The van der Waals surface area contributed by atoms with E-state index < -0.39 is 0 Å². The van der Waals surface area contributed by atoms with E-state index in [1.165, 1.54) is 17.5 Å². The van der Waals surface area contributed by atoms with Gasteiger partial charge in [0.25, 0.3) is 0 Å². The van der Waals surface area contributed by atoms with Gasteiger partial charge in [-0.1, -0.05) is 100 Å². The predicted molar refractivity (Wildman–Crippen MR) is 150 cm³/mol. The molecule has 0 aromatic heterocycles. The van der Waals surface area contributed by atoms with Crippen molar-refractivity contribution in [2.75, 3.05) is 13.2 Å². The van der Waals surface area contributed by atoms with Gasteiger partial charge in [-0.25, -0.2) is 0 Å². The van der Waals surface area contributed by atoms with Crippen LogP contribution in [0, 0.1) is 16.7 Å². The average Bonchev–Trinajstić information content (AvgIpc) is 2.62. The molecular formula is C32H58O2. The molecule has 0 amide bonds. The van der Waals surface area contributed by atoms with Crippen molar-refractivity contribution in [3.63, 3.8) is 0 Å². The molecule has 1 aromatic rings. The van der Waals surface area contributed by atoms with E-state index in [1.54, 1.807) is 0 Å². The molecule has 0 aliphatic heterocycles. The van der Waals surface area contributed by atoms with Gasteiger partial charge in [0.15, 0.2) is 0 Å². The van der Waals surface area contributed by atoms with Crippen LogP contribution in [-0.2, 0) is 20.3 Å². The van der Waals surface area contributed by atoms with Gasteiger partial charge in [0.1, 0.15) is 0 Å². The summed E-state index contributed by atoms with van der Waals surface area (Å²) in [5.41, 5.74) is 3.10. The lowest BCUT2D eigenvalue weighted by Gasteiger charge is -2.38. The Kier molecular flexibility index (Phi) is 10.5. The summed E-state index contributed by atoms with van der Waals surface area (Å²) in [6.07, 6.45) is 3.42. The highest BCUT2D eigenvalue weighted by Crippen LogP contribution is 2.37. The Morgan fingerprint density at radius 2 is 1.12 bits per heavy atom. The van der Waals surface area contributed by atoms with E-state index in [4.69, 9.17) is 9.47 Å². The first-order valence-electron chi connectivity index (χ1n) is 13.5. The van der Waals surface area contributed by atoms with Crippen LogP contribution in [0.3, 0.4) is 0 Å². The summed E-state index contributed by atoms with van der Waals surface area (Å²) >= 11 is 0. The SMILES string of the molecule is CC(C)CC(C)(C)COC(C)(C)CC(C)(C)c1ccc(C(C)(C)CC(C)OCC(C)(C)C)cc1. The Morgan fingerprint density at radius 3 is 1.56 bits per heavy atom. The zero-order chi connectivity index (χ0) is 26.6. The Bertz CT molecular complexity index is 729. The smallest absolute Gasteiger partial charge is 0.0635 e. The average molecular weight is 475 g/mol. The van der Waals surface area contributed by atoms with Gasteiger partial charge in [0, 0.05) is 0 Å². The largest absolute Gasteiger partial charge is 0.378 e. The quantitative estimate of drug-likeness (QED) is 0.283.